The Bertz CT molecular complexity index is 1130. The Morgan fingerprint density at radius 3 is 2.53 bits per heavy atom. The molecule has 8 heteroatoms. The fraction of sp³-hybridized carbons (Fsp3) is 0.458. The van der Waals surface area contributed by atoms with Gasteiger partial charge in [-0.05, 0) is 69.4 Å². The lowest BCUT2D eigenvalue weighted by Crippen LogP contribution is -2.44. The molecule has 0 atom stereocenters. The molecule has 7 nitrogen and oxygen atoms in total. The number of nitrogens with zero attached hydrogens (tertiary/aromatic N) is 4. The number of nitrogens with one attached hydrogen (secondary N) is 1. The molecule has 2 fully saturated rings. The molecule has 0 bridgehead atoms. The fourth-order valence-electron chi connectivity index (χ4n) is 4.41. The number of halogens is 1. The smallest absolute Gasteiger partial charge is 0.234 e. The highest BCUT2D eigenvalue weighted by atomic mass is 19.1. The molecule has 32 heavy (non-hydrogen) atoms. The number of fused-ring (bicyclic) bond motifs is 1. The van der Waals surface area contributed by atoms with Gasteiger partial charge in [-0.15, -0.1) is 0 Å². The largest absolute Gasteiger partial charge is 0.474 e. The van der Waals surface area contributed by atoms with Crippen molar-refractivity contribution in [2.24, 2.45) is 0 Å². The Hall–Kier alpha value is -3.00. The molecular formula is C24H28FN5O2. The number of aromatic nitrogens is 3. The highest BCUT2D eigenvalue weighted by Gasteiger charge is 2.27. The Morgan fingerprint density at radius 1 is 1.12 bits per heavy atom. The van der Waals surface area contributed by atoms with Gasteiger partial charge in [0.05, 0.1) is 11.9 Å². The van der Waals surface area contributed by atoms with Crippen molar-refractivity contribution < 1.29 is 13.9 Å². The van der Waals surface area contributed by atoms with E-state index in [1.807, 2.05) is 18.4 Å². The van der Waals surface area contributed by atoms with Gasteiger partial charge in [-0.1, -0.05) is 0 Å². The van der Waals surface area contributed by atoms with E-state index in [-0.39, 0.29) is 17.8 Å². The topological polar surface area (TPSA) is 72.3 Å². The van der Waals surface area contributed by atoms with E-state index in [0.717, 1.165) is 66.8 Å². The molecule has 0 unspecified atom stereocenters. The maximum absolute atomic E-state index is 13.4. The average molecular weight is 438 g/mol. The van der Waals surface area contributed by atoms with E-state index >= 15 is 0 Å². The fourth-order valence-corrected chi connectivity index (χ4v) is 4.41. The van der Waals surface area contributed by atoms with Crippen molar-refractivity contribution in [3.05, 3.63) is 47.7 Å². The van der Waals surface area contributed by atoms with E-state index in [2.05, 4.69) is 20.2 Å². The molecule has 2 aromatic heterocycles. The van der Waals surface area contributed by atoms with E-state index < -0.39 is 0 Å². The zero-order chi connectivity index (χ0) is 22.2. The molecule has 1 N–H and O–H groups in total. The van der Waals surface area contributed by atoms with Crippen LogP contribution in [0.4, 0.5) is 4.39 Å². The number of piperidine rings is 1. The Balaban J connectivity index is 1.31. The predicted octanol–water partition coefficient (Wildman–Crippen LogP) is 3.30. The van der Waals surface area contributed by atoms with Gasteiger partial charge in [0, 0.05) is 30.5 Å². The van der Waals surface area contributed by atoms with Gasteiger partial charge in [0.15, 0.2) is 5.65 Å². The summed E-state index contributed by atoms with van der Waals surface area (Å²) >= 11 is 0. The van der Waals surface area contributed by atoms with Crippen molar-refractivity contribution in [1.82, 2.24) is 24.8 Å². The zero-order valence-electron chi connectivity index (χ0n) is 18.5. The van der Waals surface area contributed by atoms with Gasteiger partial charge < -0.3 is 10.1 Å². The van der Waals surface area contributed by atoms with E-state index in [4.69, 9.17) is 4.74 Å². The van der Waals surface area contributed by atoms with Crippen LogP contribution in [0.15, 0.2) is 30.6 Å². The number of aryl methyl sites for hydroxylation is 1. The molecule has 2 aliphatic rings. The molecule has 1 amide bonds. The molecule has 1 aromatic carbocycles. The van der Waals surface area contributed by atoms with E-state index in [1.54, 1.807) is 12.1 Å². The molecule has 1 aliphatic carbocycles. The summed E-state index contributed by atoms with van der Waals surface area (Å²) in [5.41, 5.74) is 3.68. The lowest BCUT2D eigenvalue weighted by molar-refractivity contribution is -0.122. The second-order valence-electron chi connectivity index (χ2n) is 8.83. The van der Waals surface area contributed by atoms with Crippen LogP contribution >= 0.6 is 0 Å². The molecule has 3 heterocycles. The standard InChI is InChI=1S/C24H28FN5O2/c1-15-16(2)30(19-7-3-17(25)4-8-19)23-22(15)24(27-14-26-23)32-20-9-11-29(12-10-20)13-21(31)28-18-5-6-18/h3-4,7-8,14,18,20H,5-6,9-13H2,1-2H3,(H,28,31). The quantitative estimate of drug-likeness (QED) is 0.641. The first-order chi connectivity index (χ1) is 15.5. The molecule has 168 valence electrons. The molecule has 5 rings (SSSR count). The Labute approximate surface area is 186 Å². The highest BCUT2D eigenvalue weighted by Crippen LogP contribution is 2.33. The van der Waals surface area contributed by atoms with Crippen LogP contribution in [0.2, 0.25) is 0 Å². The first kappa shape index (κ1) is 20.9. The number of benzene rings is 1. The van der Waals surface area contributed by atoms with Crippen molar-refractivity contribution in [3.63, 3.8) is 0 Å². The normalized spacial score (nSPS) is 17.6. The van der Waals surface area contributed by atoms with Crippen LogP contribution in [-0.4, -0.2) is 57.1 Å². The highest BCUT2D eigenvalue weighted by molar-refractivity contribution is 5.88. The minimum atomic E-state index is -0.269. The Morgan fingerprint density at radius 2 is 1.84 bits per heavy atom. The van der Waals surface area contributed by atoms with Crippen LogP contribution < -0.4 is 10.1 Å². The lowest BCUT2D eigenvalue weighted by Gasteiger charge is -2.31. The van der Waals surface area contributed by atoms with Gasteiger partial charge in [-0.2, -0.15) is 0 Å². The molecule has 1 aliphatic heterocycles. The van der Waals surface area contributed by atoms with Gasteiger partial charge in [0.2, 0.25) is 11.8 Å². The van der Waals surface area contributed by atoms with E-state index in [0.29, 0.717) is 18.5 Å². The molecule has 1 saturated carbocycles. The van der Waals surface area contributed by atoms with Gasteiger partial charge in [-0.3, -0.25) is 14.3 Å². The number of likely N-dealkylation sites (tertiary alicyclic amines) is 1. The third kappa shape index (κ3) is 4.19. The number of amides is 1. The maximum Gasteiger partial charge on any atom is 0.234 e. The molecule has 0 spiro atoms. The third-order valence-corrected chi connectivity index (χ3v) is 6.46. The predicted molar refractivity (Wildman–Crippen MR) is 120 cm³/mol. The van der Waals surface area contributed by atoms with Crippen molar-refractivity contribution in [2.75, 3.05) is 19.6 Å². The zero-order valence-corrected chi connectivity index (χ0v) is 18.5. The maximum atomic E-state index is 13.4. The van der Waals surface area contributed by atoms with Crippen molar-refractivity contribution in [2.45, 2.75) is 51.7 Å². The van der Waals surface area contributed by atoms with Gasteiger partial charge >= 0.3 is 0 Å². The van der Waals surface area contributed by atoms with E-state index in [9.17, 15) is 9.18 Å². The summed E-state index contributed by atoms with van der Waals surface area (Å²) in [5.74, 6) is 0.439. The first-order valence-corrected chi connectivity index (χ1v) is 11.3. The third-order valence-electron chi connectivity index (χ3n) is 6.46. The van der Waals surface area contributed by atoms with Gasteiger partial charge in [-0.25, -0.2) is 14.4 Å². The average Bonchev–Trinajstić information content (AvgIpc) is 3.55. The van der Waals surface area contributed by atoms with Crippen LogP contribution in [0, 0.1) is 19.7 Å². The molecule has 0 radical (unpaired) electrons. The summed E-state index contributed by atoms with van der Waals surface area (Å²) in [6, 6.07) is 6.80. The summed E-state index contributed by atoms with van der Waals surface area (Å²) < 4.78 is 21.8. The molecule has 3 aromatic rings. The van der Waals surface area contributed by atoms with Crippen LogP contribution in [0.25, 0.3) is 16.7 Å². The van der Waals surface area contributed by atoms with Gasteiger partial charge in [0.25, 0.3) is 0 Å². The van der Waals surface area contributed by atoms with Crippen molar-refractivity contribution in [1.29, 1.82) is 0 Å². The number of hydrogen-bond donors (Lipinski definition) is 1. The summed E-state index contributed by atoms with van der Waals surface area (Å²) in [4.78, 5) is 23.2. The molecular weight excluding hydrogens is 409 g/mol. The monoisotopic (exact) mass is 437 g/mol. The first-order valence-electron chi connectivity index (χ1n) is 11.3. The summed E-state index contributed by atoms with van der Waals surface area (Å²) in [5, 5.41) is 3.94. The number of carbonyl (C=O) groups is 1. The van der Waals surface area contributed by atoms with Crippen LogP contribution in [0.3, 0.4) is 0 Å². The second-order valence-corrected chi connectivity index (χ2v) is 8.83. The minimum absolute atomic E-state index is 0.0460. The summed E-state index contributed by atoms with van der Waals surface area (Å²) in [7, 11) is 0. The van der Waals surface area contributed by atoms with Crippen molar-refractivity contribution >= 4 is 16.9 Å². The van der Waals surface area contributed by atoms with Crippen LogP contribution in [-0.2, 0) is 4.79 Å². The second kappa shape index (κ2) is 8.50. The van der Waals surface area contributed by atoms with Gasteiger partial charge in [0.1, 0.15) is 18.2 Å². The number of hydrogen-bond acceptors (Lipinski definition) is 5. The van der Waals surface area contributed by atoms with Crippen LogP contribution in [0.5, 0.6) is 5.88 Å². The van der Waals surface area contributed by atoms with Crippen LogP contribution in [0.1, 0.15) is 36.9 Å². The number of carbonyl (C=O) groups excluding carboxylic acids is 1. The van der Waals surface area contributed by atoms with Crippen molar-refractivity contribution in [3.8, 4) is 11.6 Å². The number of rotatable bonds is 6. The lowest BCUT2D eigenvalue weighted by atomic mass is 10.1. The summed E-state index contributed by atoms with van der Waals surface area (Å²) in [6.45, 7) is 6.17. The SMILES string of the molecule is Cc1c(C)n(-c2ccc(F)cc2)c2ncnc(OC3CCN(CC(=O)NC4CC4)CC3)c12. The minimum Gasteiger partial charge on any atom is -0.474 e. The number of ether oxygens (including phenoxy) is 1. The molecule has 1 saturated heterocycles. The summed E-state index contributed by atoms with van der Waals surface area (Å²) in [6.07, 6.45) is 5.48. The van der Waals surface area contributed by atoms with E-state index in [1.165, 1.54) is 18.5 Å². The Kier molecular flexibility index (Phi) is 5.55.